The third-order valence-corrected chi connectivity index (χ3v) is 7.00. The Morgan fingerprint density at radius 1 is 1.06 bits per heavy atom. The summed E-state index contributed by atoms with van der Waals surface area (Å²) in [5.41, 5.74) is 3.81. The average molecular weight is 442 g/mol. The maximum atomic E-state index is 11.9. The van der Waals surface area contributed by atoms with Gasteiger partial charge in [0.1, 0.15) is 16.8 Å². The minimum atomic E-state index is -3.41. The summed E-state index contributed by atoms with van der Waals surface area (Å²) in [7, 11) is -1.59. The molecule has 0 amide bonds. The van der Waals surface area contributed by atoms with Crippen LogP contribution >= 0.6 is 0 Å². The van der Waals surface area contributed by atoms with Crippen molar-refractivity contribution in [3.63, 3.8) is 0 Å². The third-order valence-electron chi connectivity index (χ3n) is 5.80. The van der Waals surface area contributed by atoms with E-state index >= 15 is 0 Å². The zero-order valence-corrected chi connectivity index (χ0v) is 18.2. The highest BCUT2D eigenvalue weighted by Gasteiger charge is 2.53. The van der Waals surface area contributed by atoms with E-state index < -0.39 is 21.4 Å². The summed E-state index contributed by atoms with van der Waals surface area (Å²) in [6.07, 6.45) is 1.09. The summed E-state index contributed by atoms with van der Waals surface area (Å²) in [6, 6.07) is 15.0. The standard InChI is InChI=1S/C22H23N3O5S/c1-14-19(23-2)20(30-24-14)17-6-4-15(5-7-17)16-8-10-18(11-9-16)22(21(26)27)12-25(13-22)31(3,28)29/h4-11,23H,12-13H2,1-3H3,(H,26,27). The fraction of sp³-hybridized carbons (Fsp3) is 0.273. The molecule has 0 radical (unpaired) electrons. The van der Waals surface area contributed by atoms with Gasteiger partial charge in [-0.3, -0.25) is 4.79 Å². The summed E-state index contributed by atoms with van der Waals surface area (Å²) in [4.78, 5) is 11.9. The number of sulfonamides is 1. The first-order valence-electron chi connectivity index (χ1n) is 9.69. The van der Waals surface area contributed by atoms with Gasteiger partial charge in [0.15, 0.2) is 5.76 Å². The summed E-state index contributed by atoms with van der Waals surface area (Å²) >= 11 is 0. The zero-order chi connectivity index (χ0) is 22.4. The average Bonchev–Trinajstić information content (AvgIpc) is 3.07. The topological polar surface area (TPSA) is 113 Å². The van der Waals surface area contributed by atoms with Crippen LogP contribution in [0, 0.1) is 6.92 Å². The van der Waals surface area contributed by atoms with Crippen LogP contribution in [0.2, 0.25) is 0 Å². The van der Waals surface area contributed by atoms with Crippen LogP contribution in [0.15, 0.2) is 53.1 Å². The van der Waals surface area contributed by atoms with Crippen molar-refractivity contribution in [2.75, 3.05) is 31.7 Å². The van der Waals surface area contributed by atoms with Gasteiger partial charge >= 0.3 is 5.97 Å². The fourth-order valence-corrected chi connectivity index (χ4v) is 4.80. The molecule has 0 spiro atoms. The molecule has 0 unspecified atom stereocenters. The number of benzene rings is 2. The summed E-state index contributed by atoms with van der Waals surface area (Å²) < 4.78 is 30.0. The first kappa shape index (κ1) is 21.1. The van der Waals surface area contributed by atoms with E-state index in [9.17, 15) is 18.3 Å². The number of nitrogens with one attached hydrogen (secondary N) is 1. The van der Waals surface area contributed by atoms with Gasteiger partial charge < -0.3 is 14.9 Å². The number of aryl methyl sites for hydroxylation is 1. The van der Waals surface area contributed by atoms with Crippen molar-refractivity contribution in [2.45, 2.75) is 12.3 Å². The van der Waals surface area contributed by atoms with Crippen molar-refractivity contribution < 1.29 is 22.8 Å². The molecule has 31 heavy (non-hydrogen) atoms. The van der Waals surface area contributed by atoms with Crippen LogP contribution in [-0.4, -0.2) is 55.3 Å². The fourth-order valence-electron chi connectivity index (χ4n) is 3.89. The van der Waals surface area contributed by atoms with Gasteiger partial charge in [-0.2, -0.15) is 4.31 Å². The molecule has 1 saturated heterocycles. The quantitative estimate of drug-likeness (QED) is 0.605. The smallest absolute Gasteiger partial charge is 0.316 e. The predicted octanol–water partition coefficient (Wildman–Crippen LogP) is 2.96. The Balaban J connectivity index is 1.58. The Labute approximate surface area is 180 Å². The second-order valence-corrected chi connectivity index (χ2v) is 9.78. The van der Waals surface area contributed by atoms with Crippen molar-refractivity contribution in [1.82, 2.24) is 9.46 Å². The van der Waals surface area contributed by atoms with Gasteiger partial charge in [0.25, 0.3) is 0 Å². The van der Waals surface area contributed by atoms with Crippen LogP contribution in [0.4, 0.5) is 5.69 Å². The van der Waals surface area contributed by atoms with Crippen molar-refractivity contribution >= 4 is 21.7 Å². The van der Waals surface area contributed by atoms with Gasteiger partial charge in [0, 0.05) is 25.7 Å². The Morgan fingerprint density at radius 2 is 1.58 bits per heavy atom. The molecule has 2 aromatic carbocycles. The van der Waals surface area contributed by atoms with Gasteiger partial charge in [-0.25, -0.2) is 8.42 Å². The Kier molecular flexibility index (Phi) is 5.10. The monoisotopic (exact) mass is 441 g/mol. The number of aliphatic carboxylic acids is 1. The lowest BCUT2D eigenvalue weighted by Crippen LogP contribution is -2.64. The molecule has 8 nitrogen and oxygen atoms in total. The summed E-state index contributed by atoms with van der Waals surface area (Å²) in [5.74, 6) is -0.349. The first-order chi connectivity index (χ1) is 14.7. The largest absolute Gasteiger partial charge is 0.481 e. The first-order valence-corrected chi connectivity index (χ1v) is 11.5. The van der Waals surface area contributed by atoms with E-state index in [1.807, 2.05) is 50.4 Å². The lowest BCUT2D eigenvalue weighted by Gasteiger charge is -2.45. The van der Waals surface area contributed by atoms with Crippen LogP contribution in [0.1, 0.15) is 11.3 Å². The minimum Gasteiger partial charge on any atom is -0.481 e. The van der Waals surface area contributed by atoms with E-state index in [4.69, 9.17) is 4.52 Å². The number of nitrogens with zero attached hydrogens (tertiary/aromatic N) is 2. The summed E-state index contributed by atoms with van der Waals surface area (Å²) in [5, 5.41) is 16.8. The molecule has 0 saturated carbocycles. The van der Waals surface area contributed by atoms with Crippen LogP contribution in [0.25, 0.3) is 22.5 Å². The second-order valence-electron chi connectivity index (χ2n) is 7.80. The van der Waals surface area contributed by atoms with E-state index in [1.165, 1.54) is 4.31 Å². The molecular weight excluding hydrogens is 418 g/mol. The van der Waals surface area contributed by atoms with Gasteiger partial charge in [-0.15, -0.1) is 0 Å². The molecular formula is C22H23N3O5S. The van der Waals surface area contributed by atoms with Crippen LogP contribution in [0.3, 0.4) is 0 Å². The molecule has 1 fully saturated rings. The van der Waals surface area contributed by atoms with Crippen LogP contribution in [0.5, 0.6) is 0 Å². The second kappa shape index (κ2) is 7.51. The van der Waals surface area contributed by atoms with Gasteiger partial charge in [-0.1, -0.05) is 53.7 Å². The molecule has 9 heteroatoms. The van der Waals surface area contributed by atoms with Crippen molar-refractivity contribution in [2.24, 2.45) is 0 Å². The molecule has 3 aromatic rings. The highest BCUT2D eigenvalue weighted by atomic mass is 32.2. The zero-order valence-electron chi connectivity index (χ0n) is 17.4. The predicted molar refractivity (Wildman–Crippen MR) is 117 cm³/mol. The molecule has 0 aliphatic carbocycles. The minimum absolute atomic E-state index is 0.0559. The van der Waals surface area contributed by atoms with Crippen molar-refractivity contribution in [3.05, 3.63) is 59.8 Å². The lowest BCUT2D eigenvalue weighted by atomic mass is 9.75. The number of aromatic nitrogens is 1. The van der Waals surface area contributed by atoms with Gasteiger partial charge in [-0.05, 0) is 23.6 Å². The molecule has 1 aliphatic heterocycles. The molecule has 1 aliphatic rings. The molecule has 162 valence electrons. The molecule has 4 rings (SSSR count). The van der Waals surface area contributed by atoms with E-state index in [2.05, 4.69) is 10.5 Å². The van der Waals surface area contributed by atoms with E-state index in [0.29, 0.717) is 11.3 Å². The van der Waals surface area contributed by atoms with Crippen LogP contribution in [-0.2, 0) is 20.2 Å². The highest BCUT2D eigenvalue weighted by molar-refractivity contribution is 7.88. The highest BCUT2D eigenvalue weighted by Crippen LogP contribution is 2.38. The Hall–Kier alpha value is -3.17. The normalized spacial score (nSPS) is 16.0. The number of rotatable bonds is 6. The number of hydrogen-bond donors (Lipinski definition) is 2. The van der Waals surface area contributed by atoms with Crippen molar-refractivity contribution in [3.8, 4) is 22.5 Å². The maximum Gasteiger partial charge on any atom is 0.316 e. The summed E-state index contributed by atoms with van der Waals surface area (Å²) in [6.45, 7) is 1.76. The maximum absolute atomic E-state index is 11.9. The van der Waals surface area contributed by atoms with E-state index in [-0.39, 0.29) is 13.1 Å². The molecule has 2 heterocycles. The van der Waals surface area contributed by atoms with E-state index in [0.717, 1.165) is 34.3 Å². The molecule has 0 atom stereocenters. The SMILES string of the molecule is CNc1c(C)noc1-c1ccc(-c2ccc(C3(C(=O)O)CN(S(C)(=O)=O)C3)cc2)cc1. The third kappa shape index (κ3) is 3.60. The van der Waals surface area contributed by atoms with Crippen LogP contribution < -0.4 is 5.32 Å². The number of carboxylic acids is 1. The van der Waals surface area contributed by atoms with Gasteiger partial charge in [0.2, 0.25) is 10.0 Å². The number of anilines is 1. The number of carboxylic acid groups (broad SMARTS) is 1. The molecule has 1 aromatic heterocycles. The Bertz CT molecular complexity index is 1230. The molecule has 0 bridgehead atoms. The molecule has 2 N–H and O–H groups in total. The van der Waals surface area contributed by atoms with E-state index in [1.54, 1.807) is 12.1 Å². The number of hydrogen-bond acceptors (Lipinski definition) is 6. The number of carbonyl (C=O) groups is 1. The lowest BCUT2D eigenvalue weighted by molar-refractivity contribution is -0.148. The van der Waals surface area contributed by atoms with Crippen molar-refractivity contribution in [1.29, 1.82) is 0 Å². The van der Waals surface area contributed by atoms with Gasteiger partial charge in [0.05, 0.1) is 6.26 Å². The Morgan fingerprint density at radius 3 is 2.06 bits per heavy atom.